The summed E-state index contributed by atoms with van der Waals surface area (Å²) in [6.07, 6.45) is -4.37. The van der Waals surface area contributed by atoms with Crippen LogP contribution in [-0.2, 0) is 0 Å². The first-order chi connectivity index (χ1) is 9.43. The van der Waals surface area contributed by atoms with E-state index in [0.29, 0.717) is 21.5 Å². The van der Waals surface area contributed by atoms with Crippen LogP contribution in [0.5, 0.6) is 5.75 Å². The summed E-state index contributed by atoms with van der Waals surface area (Å²) in [5.41, 5.74) is -0.381. The van der Waals surface area contributed by atoms with Crippen molar-refractivity contribution in [1.29, 1.82) is 0 Å². The van der Waals surface area contributed by atoms with E-state index in [1.165, 1.54) is 42.8 Å². The van der Waals surface area contributed by atoms with Gasteiger partial charge in [-0.3, -0.25) is 0 Å². The molecule has 0 radical (unpaired) electrons. The van der Waals surface area contributed by atoms with Crippen molar-refractivity contribution in [3.63, 3.8) is 0 Å². The first kappa shape index (κ1) is 17.3. The topological polar surface area (TPSA) is 9.23 Å². The van der Waals surface area contributed by atoms with Gasteiger partial charge in [0.1, 0.15) is 5.75 Å². The summed E-state index contributed by atoms with van der Waals surface area (Å²) >= 11 is 2.46. The highest BCUT2D eigenvalue weighted by Crippen LogP contribution is 2.44. The normalized spacial score (nSPS) is 11.3. The summed E-state index contributed by atoms with van der Waals surface area (Å²) in [5, 5.41) is 0. The maximum atomic E-state index is 13.4. The van der Waals surface area contributed by atoms with Crippen LogP contribution < -0.4 is 4.74 Å². The van der Waals surface area contributed by atoms with E-state index in [4.69, 9.17) is 4.74 Å². The molecule has 0 heterocycles. The predicted molar refractivity (Wildman–Crippen MR) is 82.2 cm³/mol. The zero-order valence-corrected chi connectivity index (χ0v) is 13.2. The molecule has 112 valence electrons. The van der Waals surface area contributed by atoms with Crippen molar-refractivity contribution in [2.75, 3.05) is 18.6 Å². The fourth-order valence-electron chi connectivity index (χ4n) is 1.60. The summed E-state index contributed by atoms with van der Waals surface area (Å²) in [4.78, 5) is 0. The summed E-state index contributed by atoms with van der Waals surface area (Å²) in [6, 6.07) is 6.00. The number of benzene rings is 1. The molecule has 0 unspecified atom stereocenters. The minimum atomic E-state index is -4.37. The van der Waals surface area contributed by atoms with Gasteiger partial charge >= 0.3 is 6.18 Å². The maximum absolute atomic E-state index is 13.4. The van der Waals surface area contributed by atoms with Gasteiger partial charge in [0.2, 0.25) is 0 Å². The van der Waals surface area contributed by atoms with E-state index in [9.17, 15) is 13.2 Å². The second kappa shape index (κ2) is 7.88. The van der Waals surface area contributed by atoms with Crippen LogP contribution in [0.2, 0.25) is 0 Å². The first-order valence-electron chi connectivity index (χ1n) is 6.15. The van der Waals surface area contributed by atoms with Crippen LogP contribution in [0.15, 0.2) is 28.5 Å². The minimum absolute atomic E-state index is 0.176. The molecule has 0 bridgehead atoms. The molecular formula is C14H17F3OS2. The van der Waals surface area contributed by atoms with E-state index < -0.39 is 11.7 Å². The third-order valence-electron chi connectivity index (χ3n) is 2.42. The molecule has 0 aliphatic carbocycles. The maximum Gasteiger partial charge on any atom is 0.418 e. The lowest BCUT2D eigenvalue weighted by Crippen LogP contribution is -2.12. The highest BCUT2D eigenvalue weighted by atomic mass is 32.2. The molecule has 1 aromatic carbocycles. The van der Waals surface area contributed by atoms with Crippen molar-refractivity contribution >= 4 is 29.1 Å². The van der Waals surface area contributed by atoms with Gasteiger partial charge in [0.25, 0.3) is 0 Å². The molecule has 0 aliphatic heterocycles. The Labute approximate surface area is 126 Å². The van der Waals surface area contributed by atoms with Crippen LogP contribution in [0.25, 0.3) is 5.57 Å². The standard InChI is InChI=1S/C14H17F3OS2/c1-4-19-13(20-5-2)12(14(15,16)17)10-6-8-11(18-3)9-7-10/h6-9H,4-5H2,1-3H3. The zero-order valence-electron chi connectivity index (χ0n) is 11.6. The van der Waals surface area contributed by atoms with Gasteiger partial charge in [0.05, 0.1) is 16.9 Å². The van der Waals surface area contributed by atoms with Crippen molar-refractivity contribution in [2.45, 2.75) is 20.0 Å². The largest absolute Gasteiger partial charge is 0.497 e. The monoisotopic (exact) mass is 322 g/mol. The van der Waals surface area contributed by atoms with Gasteiger partial charge in [0.15, 0.2) is 0 Å². The zero-order chi connectivity index (χ0) is 15.2. The molecule has 1 rings (SSSR count). The fourth-order valence-corrected chi connectivity index (χ4v) is 3.92. The fraction of sp³-hybridized carbons (Fsp3) is 0.429. The number of thioether (sulfide) groups is 2. The number of methoxy groups -OCH3 is 1. The molecule has 0 fully saturated rings. The molecule has 0 N–H and O–H groups in total. The molecular weight excluding hydrogens is 305 g/mol. The van der Waals surface area contributed by atoms with Gasteiger partial charge in [-0.15, -0.1) is 23.5 Å². The molecule has 0 aromatic heterocycles. The Kier molecular flexibility index (Phi) is 6.82. The lowest BCUT2D eigenvalue weighted by molar-refractivity contribution is -0.0688. The Morgan fingerprint density at radius 3 is 1.90 bits per heavy atom. The molecule has 6 heteroatoms. The van der Waals surface area contributed by atoms with E-state index in [0.717, 1.165) is 0 Å². The van der Waals surface area contributed by atoms with Crippen molar-refractivity contribution in [1.82, 2.24) is 0 Å². The molecule has 0 amide bonds. The number of halogens is 3. The SMILES string of the molecule is CCSC(SCC)=C(c1ccc(OC)cc1)C(F)(F)F. The number of hydrogen-bond donors (Lipinski definition) is 0. The lowest BCUT2D eigenvalue weighted by atomic mass is 10.1. The third-order valence-corrected chi connectivity index (χ3v) is 4.63. The van der Waals surface area contributed by atoms with Crippen LogP contribution in [-0.4, -0.2) is 24.8 Å². The molecule has 0 atom stereocenters. The van der Waals surface area contributed by atoms with Gasteiger partial charge < -0.3 is 4.74 Å². The number of allylic oxidation sites excluding steroid dienone is 1. The van der Waals surface area contributed by atoms with Crippen molar-refractivity contribution in [3.8, 4) is 5.75 Å². The summed E-state index contributed by atoms with van der Waals surface area (Å²) in [6.45, 7) is 3.70. The second-order valence-corrected chi connectivity index (χ2v) is 6.56. The van der Waals surface area contributed by atoms with E-state index in [2.05, 4.69) is 0 Å². The smallest absolute Gasteiger partial charge is 0.418 e. The number of ether oxygens (including phenoxy) is 1. The van der Waals surface area contributed by atoms with E-state index >= 15 is 0 Å². The lowest BCUT2D eigenvalue weighted by Gasteiger charge is -2.17. The van der Waals surface area contributed by atoms with Crippen LogP contribution in [0, 0.1) is 0 Å². The molecule has 0 aliphatic rings. The molecule has 0 saturated heterocycles. The summed E-state index contributed by atoms with van der Waals surface area (Å²) < 4.78 is 45.4. The van der Waals surface area contributed by atoms with E-state index in [-0.39, 0.29) is 5.56 Å². The molecule has 1 aromatic rings. The summed E-state index contributed by atoms with van der Waals surface area (Å²) in [5.74, 6) is 1.76. The molecule has 0 saturated carbocycles. The van der Waals surface area contributed by atoms with Crippen molar-refractivity contribution in [2.24, 2.45) is 0 Å². The van der Waals surface area contributed by atoms with E-state index in [1.54, 1.807) is 12.1 Å². The van der Waals surface area contributed by atoms with Crippen molar-refractivity contribution in [3.05, 3.63) is 34.1 Å². The Balaban J connectivity index is 3.32. The van der Waals surface area contributed by atoms with Gasteiger partial charge in [-0.2, -0.15) is 13.2 Å². The van der Waals surface area contributed by atoms with Gasteiger partial charge in [-0.1, -0.05) is 26.0 Å². The summed E-state index contributed by atoms with van der Waals surface area (Å²) in [7, 11) is 1.49. The second-order valence-electron chi connectivity index (χ2n) is 3.75. The first-order valence-corrected chi connectivity index (χ1v) is 8.12. The predicted octanol–water partition coefficient (Wildman–Crippen LogP) is 5.43. The Hall–Kier alpha value is -0.750. The van der Waals surface area contributed by atoms with E-state index in [1.807, 2.05) is 13.8 Å². The molecule has 1 nitrogen and oxygen atoms in total. The molecule has 20 heavy (non-hydrogen) atoms. The highest BCUT2D eigenvalue weighted by Gasteiger charge is 2.37. The van der Waals surface area contributed by atoms with Gasteiger partial charge in [-0.25, -0.2) is 0 Å². The van der Waals surface area contributed by atoms with Crippen LogP contribution >= 0.6 is 23.5 Å². The Morgan fingerprint density at radius 1 is 1.05 bits per heavy atom. The van der Waals surface area contributed by atoms with Crippen molar-refractivity contribution < 1.29 is 17.9 Å². The van der Waals surface area contributed by atoms with Crippen LogP contribution in [0.4, 0.5) is 13.2 Å². The van der Waals surface area contributed by atoms with Crippen LogP contribution in [0.1, 0.15) is 19.4 Å². The average molecular weight is 322 g/mol. The number of hydrogen-bond acceptors (Lipinski definition) is 3. The number of rotatable bonds is 6. The third kappa shape index (κ3) is 4.66. The van der Waals surface area contributed by atoms with Gasteiger partial charge in [0, 0.05) is 0 Å². The van der Waals surface area contributed by atoms with Crippen LogP contribution in [0.3, 0.4) is 0 Å². The average Bonchev–Trinajstić information content (AvgIpc) is 2.39. The Morgan fingerprint density at radius 2 is 1.55 bits per heavy atom. The Bertz CT molecular complexity index is 444. The minimum Gasteiger partial charge on any atom is -0.497 e. The molecule has 0 spiro atoms. The quantitative estimate of drug-likeness (QED) is 0.691. The highest BCUT2D eigenvalue weighted by molar-refractivity contribution is 8.22. The van der Waals surface area contributed by atoms with Gasteiger partial charge in [-0.05, 0) is 29.2 Å². The number of alkyl halides is 3.